The van der Waals surface area contributed by atoms with Gasteiger partial charge in [-0.05, 0) is 18.6 Å². The van der Waals surface area contributed by atoms with E-state index in [0.717, 1.165) is 16.5 Å². The highest BCUT2D eigenvalue weighted by Crippen LogP contribution is 2.23. The van der Waals surface area contributed by atoms with Gasteiger partial charge in [-0.25, -0.2) is 4.98 Å². The van der Waals surface area contributed by atoms with Crippen LogP contribution in [0.25, 0.3) is 11.0 Å². The van der Waals surface area contributed by atoms with Gasteiger partial charge in [0.1, 0.15) is 5.58 Å². The Morgan fingerprint density at radius 3 is 3.00 bits per heavy atom. The van der Waals surface area contributed by atoms with Gasteiger partial charge in [-0.15, -0.1) is 0 Å². The van der Waals surface area contributed by atoms with Crippen LogP contribution in [0.4, 0.5) is 0 Å². The molecule has 3 rings (SSSR count). The Labute approximate surface area is 97.3 Å². The van der Waals surface area contributed by atoms with E-state index in [-0.39, 0.29) is 5.78 Å². The molecule has 0 fully saturated rings. The van der Waals surface area contributed by atoms with Gasteiger partial charge in [0, 0.05) is 17.8 Å². The number of benzene rings is 1. The van der Waals surface area contributed by atoms with Crippen molar-refractivity contribution in [3.8, 4) is 0 Å². The number of rotatable bonds is 2. The molecule has 0 atom stereocenters. The van der Waals surface area contributed by atoms with Crippen LogP contribution >= 0.6 is 0 Å². The molecule has 0 aliphatic rings. The number of hydrogen-bond acceptors (Lipinski definition) is 3. The lowest BCUT2D eigenvalue weighted by Crippen LogP contribution is -2.01. The Balaban J connectivity index is 2.13. The molecule has 1 aromatic carbocycles. The highest BCUT2D eigenvalue weighted by molar-refractivity contribution is 6.06. The zero-order chi connectivity index (χ0) is 11.8. The van der Waals surface area contributed by atoms with Crippen LogP contribution in [0.3, 0.4) is 0 Å². The molecular formula is C13H10N2O2. The largest absolute Gasteiger partial charge is 0.452 e. The summed E-state index contributed by atoms with van der Waals surface area (Å²) in [7, 11) is 0. The van der Waals surface area contributed by atoms with E-state index in [0.29, 0.717) is 11.6 Å². The van der Waals surface area contributed by atoms with Gasteiger partial charge in [0.15, 0.2) is 11.6 Å². The molecule has 0 saturated heterocycles. The van der Waals surface area contributed by atoms with E-state index < -0.39 is 0 Å². The Morgan fingerprint density at radius 1 is 1.41 bits per heavy atom. The van der Waals surface area contributed by atoms with Crippen molar-refractivity contribution < 1.29 is 9.21 Å². The van der Waals surface area contributed by atoms with Crippen molar-refractivity contribution in [2.45, 2.75) is 6.92 Å². The Bertz CT molecular complexity index is 681. The number of hydrogen-bond donors (Lipinski definition) is 1. The molecule has 0 saturated carbocycles. The number of carbonyl (C=O) groups excluding carboxylic acids is 1. The Hall–Kier alpha value is -2.36. The zero-order valence-corrected chi connectivity index (χ0v) is 9.23. The first-order valence-corrected chi connectivity index (χ1v) is 5.29. The predicted octanol–water partition coefficient (Wildman–Crippen LogP) is 2.70. The number of aromatic nitrogens is 2. The molecule has 0 spiro atoms. The molecule has 3 aromatic rings. The number of para-hydroxylation sites is 1. The third-order valence-electron chi connectivity index (χ3n) is 2.68. The van der Waals surface area contributed by atoms with Crippen LogP contribution < -0.4 is 0 Å². The van der Waals surface area contributed by atoms with E-state index in [1.165, 1.54) is 0 Å². The second-order valence-electron chi connectivity index (χ2n) is 3.87. The molecule has 0 amide bonds. The number of aryl methyl sites for hydroxylation is 1. The summed E-state index contributed by atoms with van der Waals surface area (Å²) in [5.74, 6) is 0.372. The minimum atomic E-state index is -0.231. The summed E-state index contributed by atoms with van der Waals surface area (Å²) in [6.07, 6.45) is 3.16. The Morgan fingerprint density at radius 2 is 2.29 bits per heavy atom. The van der Waals surface area contributed by atoms with Crippen molar-refractivity contribution in [3.05, 3.63) is 53.8 Å². The van der Waals surface area contributed by atoms with Gasteiger partial charge in [-0.1, -0.05) is 18.2 Å². The number of imidazole rings is 1. The molecule has 17 heavy (non-hydrogen) atoms. The highest BCUT2D eigenvalue weighted by atomic mass is 16.3. The van der Waals surface area contributed by atoms with E-state index in [1.54, 1.807) is 18.5 Å². The summed E-state index contributed by atoms with van der Waals surface area (Å²) in [4.78, 5) is 18.7. The van der Waals surface area contributed by atoms with Crippen LogP contribution in [0.2, 0.25) is 0 Å². The number of H-pyrrole nitrogens is 1. The van der Waals surface area contributed by atoms with E-state index in [2.05, 4.69) is 9.97 Å². The summed E-state index contributed by atoms with van der Waals surface area (Å²) >= 11 is 0. The van der Waals surface area contributed by atoms with Gasteiger partial charge in [0.2, 0.25) is 0 Å². The molecule has 0 aliphatic heterocycles. The fourth-order valence-electron chi connectivity index (χ4n) is 1.83. The van der Waals surface area contributed by atoms with Gasteiger partial charge in [-0.2, -0.15) is 0 Å². The van der Waals surface area contributed by atoms with Gasteiger partial charge < -0.3 is 9.40 Å². The Kier molecular flexibility index (Phi) is 2.08. The smallest absolute Gasteiger partial charge is 0.263 e. The SMILES string of the molecule is Cc1cccc2cc(C(=O)c3ncc[nH]3)oc12. The molecular weight excluding hydrogens is 216 g/mol. The van der Waals surface area contributed by atoms with Gasteiger partial charge in [0.25, 0.3) is 5.78 Å². The molecule has 0 bridgehead atoms. The summed E-state index contributed by atoms with van der Waals surface area (Å²) in [6.45, 7) is 1.95. The predicted molar refractivity (Wildman–Crippen MR) is 63.0 cm³/mol. The van der Waals surface area contributed by atoms with Crippen molar-refractivity contribution in [2.24, 2.45) is 0 Å². The molecule has 0 radical (unpaired) electrons. The molecule has 0 aliphatic carbocycles. The maximum atomic E-state index is 12.0. The maximum absolute atomic E-state index is 12.0. The molecule has 0 unspecified atom stereocenters. The normalized spacial score (nSPS) is 10.9. The average molecular weight is 226 g/mol. The molecule has 2 aromatic heterocycles. The minimum Gasteiger partial charge on any atom is -0.452 e. The molecule has 1 N–H and O–H groups in total. The minimum absolute atomic E-state index is 0.231. The van der Waals surface area contributed by atoms with Crippen molar-refractivity contribution >= 4 is 16.8 Å². The number of ketones is 1. The number of carbonyl (C=O) groups is 1. The first-order chi connectivity index (χ1) is 8.25. The number of nitrogens with one attached hydrogen (secondary N) is 1. The zero-order valence-electron chi connectivity index (χ0n) is 9.23. The molecule has 4 heteroatoms. The lowest BCUT2D eigenvalue weighted by Gasteiger charge is -1.92. The summed E-state index contributed by atoms with van der Waals surface area (Å²) < 4.78 is 5.57. The maximum Gasteiger partial charge on any atom is 0.263 e. The highest BCUT2D eigenvalue weighted by Gasteiger charge is 2.16. The molecule has 2 heterocycles. The third-order valence-corrected chi connectivity index (χ3v) is 2.68. The number of aromatic amines is 1. The molecule has 84 valence electrons. The summed E-state index contributed by atoms with van der Waals surface area (Å²) in [5.41, 5.74) is 1.77. The van der Waals surface area contributed by atoms with Crippen molar-refractivity contribution in [1.29, 1.82) is 0 Å². The van der Waals surface area contributed by atoms with Crippen LogP contribution in [0.5, 0.6) is 0 Å². The quantitative estimate of drug-likeness (QED) is 0.683. The van der Waals surface area contributed by atoms with Gasteiger partial charge in [-0.3, -0.25) is 4.79 Å². The van der Waals surface area contributed by atoms with Crippen LogP contribution in [-0.2, 0) is 0 Å². The van der Waals surface area contributed by atoms with Crippen molar-refractivity contribution in [3.63, 3.8) is 0 Å². The van der Waals surface area contributed by atoms with Gasteiger partial charge >= 0.3 is 0 Å². The van der Waals surface area contributed by atoms with Crippen LogP contribution in [0, 0.1) is 6.92 Å². The number of nitrogens with zero attached hydrogens (tertiary/aromatic N) is 1. The standard InChI is InChI=1S/C13H10N2O2/c1-8-3-2-4-9-7-10(17-12(8)9)11(16)13-14-5-6-15-13/h2-7H,1H3,(H,14,15). The summed E-state index contributed by atoms with van der Waals surface area (Å²) in [6, 6.07) is 7.55. The van der Waals surface area contributed by atoms with Crippen LogP contribution in [-0.4, -0.2) is 15.8 Å². The molecule has 4 nitrogen and oxygen atoms in total. The fraction of sp³-hybridized carbons (Fsp3) is 0.0769. The second kappa shape index (κ2) is 3.59. The van der Waals surface area contributed by atoms with E-state index >= 15 is 0 Å². The van der Waals surface area contributed by atoms with E-state index in [9.17, 15) is 4.79 Å². The lowest BCUT2D eigenvalue weighted by molar-refractivity contribution is 0.100. The average Bonchev–Trinajstić information content (AvgIpc) is 2.98. The third kappa shape index (κ3) is 1.54. The van der Waals surface area contributed by atoms with Crippen LogP contribution in [0.1, 0.15) is 21.9 Å². The fourth-order valence-corrected chi connectivity index (χ4v) is 1.83. The number of fused-ring (bicyclic) bond motifs is 1. The topological polar surface area (TPSA) is 58.9 Å². The van der Waals surface area contributed by atoms with Crippen molar-refractivity contribution in [1.82, 2.24) is 9.97 Å². The van der Waals surface area contributed by atoms with Crippen molar-refractivity contribution in [2.75, 3.05) is 0 Å². The summed E-state index contributed by atoms with van der Waals surface area (Å²) in [5, 5.41) is 0.930. The second-order valence-corrected chi connectivity index (χ2v) is 3.87. The van der Waals surface area contributed by atoms with Gasteiger partial charge in [0.05, 0.1) is 0 Å². The monoisotopic (exact) mass is 226 g/mol. The number of furan rings is 1. The van der Waals surface area contributed by atoms with E-state index in [1.807, 2.05) is 25.1 Å². The van der Waals surface area contributed by atoms with Crippen LogP contribution in [0.15, 0.2) is 41.1 Å². The lowest BCUT2D eigenvalue weighted by atomic mass is 10.2. The first kappa shape index (κ1) is 9.84. The van der Waals surface area contributed by atoms with E-state index in [4.69, 9.17) is 4.42 Å². The first-order valence-electron chi connectivity index (χ1n) is 5.29.